The number of hydrogen-bond donors (Lipinski definition) is 0. The third kappa shape index (κ3) is 6.94. The number of rotatable bonds is 8. The summed E-state index contributed by atoms with van der Waals surface area (Å²) in [5, 5.41) is 0. The van der Waals surface area contributed by atoms with Crippen LogP contribution in [-0.2, 0) is 17.5 Å². The minimum atomic E-state index is -4.47. The van der Waals surface area contributed by atoms with Crippen LogP contribution < -0.4 is 4.74 Å². The predicted molar refractivity (Wildman–Crippen MR) is 138 cm³/mol. The van der Waals surface area contributed by atoms with Gasteiger partial charge in [0, 0.05) is 44.1 Å². The molecule has 200 valence electrons. The summed E-state index contributed by atoms with van der Waals surface area (Å²) in [7, 11) is 1.76. The molecule has 0 bridgehead atoms. The molecule has 1 saturated heterocycles. The summed E-state index contributed by atoms with van der Waals surface area (Å²) >= 11 is 0. The number of ether oxygens (including phenoxy) is 1. The van der Waals surface area contributed by atoms with Crippen molar-refractivity contribution in [1.29, 1.82) is 0 Å². The lowest BCUT2D eigenvalue weighted by Crippen LogP contribution is -2.50. The number of hydrogen-bond acceptors (Lipinski definition) is 3. The van der Waals surface area contributed by atoms with Crippen LogP contribution in [0.1, 0.15) is 40.7 Å². The lowest BCUT2D eigenvalue weighted by Gasteiger charge is -2.43. The fourth-order valence-corrected chi connectivity index (χ4v) is 4.83. The van der Waals surface area contributed by atoms with Crippen LogP contribution in [0.3, 0.4) is 0 Å². The standard InChI is InChI=1S/C30H31F3N2O3/c1-34(20-23-9-4-2-5-10-23)27(36)19-29(22-38-26-11-6-3-7-12-26)17-8-18-35(21-29)28(37)24-13-15-25(16-14-24)30(31,32)33/h2-7,9-16H,8,17-22H2,1H3. The summed E-state index contributed by atoms with van der Waals surface area (Å²) in [5.41, 5.74) is -0.242. The Morgan fingerprint density at radius 1 is 0.947 bits per heavy atom. The second-order valence-corrected chi connectivity index (χ2v) is 9.92. The van der Waals surface area contributed by atoms with Crippen LogP contribution in [0.2, 0.25) is 0 Å². The number of amides is 2. The van der Waals surface area contributed by atoms with Gasteiger partial charge in [-0.1, -0.05) is 48.5 Å². The first-order valence-electron chi connectivity index (χ1n) is 12.6. The molecule has 1 fully saturated rings. The van der Waals surface area contributed by atoms with E-state index in [2.05, 4.69) is 0 Å². The number of piperidine rings is 1. The molecule has 0 N–H and O–H groups in total. The molecule has 0 spiro atoms. The van der Waals surface area contributed by atoms with E-state index in [0.717, 1.165) is 17.7 Å². The molecule has 0 aliphatic carbocycles. The van der Waals surface area contributed by atoms with Crippen LogP contribution in [0, 0.1) is 5.41 Å². The summed E-state index contributed by atoms with van der Waals surface area (Å²) in [4.78, 5) is 30.0. The molecule has 4 rings (SSSR count). The Hall–Kier alpha value is -3.81. The van der Waals surface area contributed by atoms with Gasteiger partial charge >= 0.3 is 6.18 Å². The van der Waals surface area contributed by atoms with E-state index in [1.165, 1.54) is 12.1 Å². The van der Waals surface area contributed by atoms with Crippen molar-refractivity contribution in [1.82, 2.24) is 9.80 Å². The van der Waals surface area contributed by atoms with Gasteiger partial charge in [0.25, 0.3) is 5.91 Å². The van der Waals surface area contributed by atoms with E-state index < -0.39 is 17.2 Å². The molecule has 1 unspecified atom stereocenters. The van der Waals surface area contributed by atoms with Crippen molar-refractivity contribution in [2.24, 2.45) is 5.41 Å². The molecule has 0 radical (unpaired) electrons. The number of carbonyl (C=O) groups is 2. The Morgan fingerprint density at radius 2 is 1.58 bits per heavy atom. The number of para-hydroxylation sites is 1. The molecule has 1 aliphatic heterocycles. The van der Waals surface area contributed by atoms with Crippen LogP contribution in [0.25, 0.3) is 0 Å². The second-order valence-electron chi connectivity index (χ2n) is 9.92. The Kier molecular flexibility index (Phi) is 8.39. The maximum atomic E-state index is 13.4. The lowest BCUT2D eigenvalue weighted by molar-refractivity contribution is -0.137. The zero-order chi connectivity index (χ0) is 27.2. The van der Waals surface area contributed by atoms with Crippen molar-refractivity contribution in [2.45, 2.75) is 32.0 Å². The van der Waals surface area contributed by atoms with Crippen molar-refractivity contribution < 1.29 is 27.5 Å². The molecule has 1 heterocycles. The summed E-state index contributed by atoms with van der Waals surface area (Å²) in [6, 6.07) is 23.2. The zero-order valence-electron chi connectivity index (χ0n) is 21.3. The molecule has 8 heteroatoms. The number of carbonyl (C=O) groups excluding carboxylic acids is 2. The maximum Gasteiger partial charge on any atom is 0.416 e. The summed E-state index contributed by atoms with van der Waals surface area (Å²) in [6.07, 6.45) is -2.95. The minimum Gasteiger partial charge on any atom is -0.493 e. The van der Waals surface area contributed by atoms with Gasteiger partial charge in [-0.3, -0.25) is 9.59 Å². The maximum absolute atomic E-state index is 13.4. The highest BCUT2D eigenvalue weighted by Gasteiger charge is 2.41. The van der Waals surface area contributed by atoms with Gasteiger partial charge < -0.3 is 14.5 Å². The fraction of sp³-hybridized carbons (Fsp3) is 0.333. The largest absolute Gasteiger partial charge is 0.493 e. The number of benzene rings is 3. The number of nitrogens with zero attached hydrogens (tertiary/aromatic N) is 2. The molecule has 0 aromatic heterocycles. The first kappa shape index (κ1) is 27.2. The Balaban J connectivity index is 1.52. The van der Waals surface area contributed by atoms with Gasteiger partial charge in [-0.15, -0.1) is 0 Å². The normalized spacial score (nSPS) is 17.6. The molecular weight excluding hydrogens is 493 g/mol. The zero-order valence-corrected chi connectivity index (χ0v) is 21.3. The highest BCUT2D eigenvalue weighted by Crippen LogP contribution is 2.36. The predicted octanol–water partition coefficient (Wildman–Crippen LogP) is 6.06. The SMILES string of the molecule is CN(Cc1ccccc1)C(=O)CC1(COc2ccccc2)CCCN(C(=O)c2ccc(C(F)(F)F)cc2)C1. The average Bonchev–Trinajstić information content (AvgIpc) is 2.92. The topological polar surface area (TPSA) is 49.9 Å². The van der Waals surface area contributed by atoms with Crippen molar-refractivity contribution in [3.8, 4) is 5.75 Å². The Bertz CT molecular complexity index is 1220. The highest BCUT2D eigenvalue weighted by molar-refractivity contribution is 5.94. The van der Waals surface area contributed by atoms with Crippen molar-refractivity contribution >= 4 is 11.8 Å². The number of likely N-dealkylation sites (tertiary alicyclic amines) is 1. The van der Waals surface area contributed by atoms with Crippen LogP contribution in [0.15, 0.2) is 84.9 Å². The van der Waals surface area contributed by atoms with Gasteiger partial charge in [-0.25, -0.2) is 0 Å². The lowest BCUT2D eigenvalue weighted by atomic mass is 9.77. The van der Waals surface area contributed by atoms with Gasteiger partial charge in [0.15, 0.2) is 0 Å². The van der Waals surface area contributed by atoms with Gasteiger partial charge in [0.05, 0.1) is 12.2 Å². The van der Waals surface area contributed by atoms with Gasteiger partial charge in [-0.05, 0) is 54.8 Å². The van der Waals surface area contributed by atoms with Crippen molar-refractivity contribution in [3.05, 3.63) is 102 Å². The molecule has 2 amide bonds. The fourth-order valence-electron chi connectivity index (χ4n) is 4.83. The van der Waals surface area contributed by atoms with E-state index in [1.807, 2.05) is 60.7 Å². The first-order chi connectivity index (χ1) is 18.2. The van der Waals surface area contributed by atoms with E-state index in [9.17, 15) is 22.8 Å². The van der Waals surface area contributed by atoms with E-state index in [-0.39, 0.29) is 37.0 Å². The summed E-state index contributed by atoms with van der Waals surface area (Å²) in [6.45, 7) is 1.42. The Labute approximate surface area is 220 Å². The second kappa shape index (κ2) is 11.7. The minimum absolute atomic E-state index is 0.0608. The van der Waals surface area contributed by atoms with Crippen LogP contribution in [-0.4, -0.2) is 48.4 Å². The van der Waals surface area contributed by atoms with Crippen LogP contribution in [0.4, 0.5) is 13.2 Å². The highest BCUT2D eigenvalue weighted by atomic mass is 19.4. The quantitative estimate of drug-likeness (QED) is 0.360. The third-order valence-electron chi connectivity index (χ3n) is 6.91. The monoisotopic (exact) mass is 524 g/mol. The smallest absolute Gasteiger partial charge is 0.416 e. The number of halogens is 3. The molecule has 3 aromatic rings. The summed E-state index contributed by atoms with van der Waals surface area (Å²) < 4.78 is 45.0. The van der Waals surface area contributed by atoms with Crippen LogP contribution in [0.5, 0.6) is 5.75 Å². The molecular formula is C30H31F3N2O3. The first-order valence-corrected chi connectivity index (χ1v) is 12.6. The van der Waals surface area contributed by atoms with Crippen molar-refractivity contribution in [2.75, 3.05) is 26.7 Å². The van der Waals surface area contributed by atoms with E-state index >= 15 is 0 Å². The molecule has 38 heavy (non-hydrogen) atoms. The summed E-state index contributed by atoms with van der Waals surface area (Å²) in [5.74, 6) is 0.255. The molecule has 0 saturated carbocycles. The van der Waals surface area contributed by atoms with E-state index in [1.54, 1.807) is 16.8 Å². The van der Waals surface area contributed by atoms with E-state index in [0.29, 0.717) is 31.7 Å². The average molecular weight is 525 g/mol. The van der Waals surface area contributed by atoms with Crippen molar-refractivity contribution in [3.63, 3.8) is 0 Å². The van der Waals surface area contributed by atoms with Crippen LogP contribution >= 0.6 is 0 Å². The molecule has 3 aromatic carbocycles. The molecule has 1 atom stereocenters. The van der Waals surface area contributed by atoms with Gasteiger partial charge in [0.2, 0.25) is 5.91 Å². The van der Waals surface area contributed by atoms with E-state index in [4.69, 9.17) is 4.74 Å². The Morgan fingerprint density at radius 3 is 2.21 bits per heavy atom. The molecule has 1 aliphatic rings. The molecule has 5 nitrogen and oxygen atoms in total. The third-order valence-corrected chi connectivity index (χ3v) is 6.91. The van der Waals surface area contributed by atoms with Gasteiger partial charge in [-0.2, -0.15) is 13.2 Å². The number of alkyl halides is 3. The van der Waals surface area contributed by atoms with Gasteiger partial charge in [0.1, 0.15) is 5.75 Å².